The lowest BCUT2D eigenvalue weighted by Crippen LogP contribution is -2.03. The topological polar surface area (TPSA) is 40.0 Å². The van der Waals surface area contributed by atoms with Crippen molar-refractivity contribution in [1.82, 2.24) is 23.5 Å². The number of hydrogen-bond acceptors (Lipinski definition) is 2. The molecule has 59 heavy (non-hydrogen) atoms. The Labute approximate surface area is 336 Å². The van der Waals surface area contributed by atoms with Crippen molar-refractivity contribution in [2.24, 2.45) is 0 Å². The summed E-state index contributed by atoms with van der Waals surface area (Å²) in [6, 6.07) is 67.9. The van der Waals surface area contributed by atoms with Crippen molar-refractivity contribution in [3.05, 3.63) is 188 Å². The van der Waals surface area contributed by atoms with Crippen molar-refractivity contribution in [3.8, 4) is 22.9 Å². The number of para-hydroxylation sites is 5. The minimum atomic E-state index is 0.656. The minimum absolute atomic E-state index is 0.656. The van der Waals surface area contributed by atoms with E-state index in [1.807, 2.05) is 0 Å². The molecular weight excluding hydrogens is 719 g/mol. The summed E-state index contributed by atoms with van der Waals surface area (Å²) in [6.45, 7) is 0. The molecule has 0 aliphatic rings. The van der Waals surface area contributed by atoms with Gasteiger partial charge in [0, 0.05) is 59.7 Å². The van der Waals surface area contributed by atoms with Crippen molar-refractivity contribution >= 4 is 103 Å². The third-order valence-corrected chi connectivity index (χ3v) is 12.7. The van der Waals surface area contributed by atoms with Gasteiger partial charge in [0.1, 0.15) is 0 Å². The van der Waals surface area contributed by atoms with E-state index < -0.39 is 0 Å². The third-order valence-electron chi connectivity index (χ3n) is 12.7. The zero-order valence-electron chi connectivity index (χ0n) is 31.6. The van der Waals surface area contributed by atoms with Crippen LogP contribution in [0.4, 0.5) is 0 Å². The Hall–Kier alpha value is -8.02. The number of rotatable bonds is 3. The molecule has 0 N–H and O–H groups in total. The maximum atomic E-state index is 5.64. The van der Waals surface area contributed by atoms with Gasteiger partial charge < -0.3 is 8.97 Å². The standard InChI is InChI=1S/C54H31N5/c1-2-15-34(16-3-1)57-44-23-11-7-18-36(44)40-30-33(27-28-47(40)57)51-39-21-6-10-22-43(39)55-54(56-51)59-46-25-13-9-20-38(46)42-31-41-37-19-8-12-24-45(37)58-48-29-26-32-14-4-5-17-35(32)49(48)50(52(41)58)53(42)59/h1-31H. The Morgan fingerprint density at radius 2 is 0.932 bits per heavy atom. The van der Waals surface area contributed by atoms with E-state index in [9.17, 15) is 0 Å². The van der Waals surface area contributed by atoms with Crippen molar-refractivity contribution in [2.75, 3.05) is 0 Å². The Bertz CT molecular complexity index is 4070. The highest BCUT2D eigenvalue weighted by Gasteiger charge is 2.26. The summed E-state index contributed by atoms with van der Waals surface area (Å²) < 4.78 is 7.19. The average molecular weight is 750 g/mol. The normalized spacial score (nSPS) is 12.4. The molecule has 0 saturated heterocycles. The van der Waals surface area contributed by atoms with E-state index in [2.05, 4.69) is 202 Å². The third kappa shape index (κ3) is 4.03. The first-order chi connectivity index (χ1) is 29.3. The van der Waals surface area contributed by atoms with Gasteiger partial charge in [0.2, 0.25) is 5.95 Å². The van der Waals surface area contributed by atoms with Crippen LogP contribution in [0.15, 0.2) is 188 Å². The zero-order valence-corrected chi connectivity index (χ0v) is 31.6. The highest BCUT2D eigenvalue weighted by molar-refractivity contribution is 6.37. The number of benzene rings is 9. The second kappa shape index (κ2) is 11.3. The quantitative estimate of drug-likeness (QED) is 0.180. The smallest absolute Gasteiger partial charge is 0.235 e. The zero-order chi connectivity index (χ0) is 38.3. The van der Waals surface area contributed by atoms with E-state index in [1.165, 1.54) is 75.9 Å². The summed E-state index contributed by atoms with van der Waals surface area (Å²) in [4.78, 5) is 11.1. The summed E-state index contributed by atoms with van der Waals surface area (Å²) in [7, 11) is 0. The van der Waals surface area contributed by atoms with Gasteiger partial charge in [-0.25, -0.2) is 9.97 Å². The van der Waals surface area contributed by atoms with Crippen molar-refractivity contribution in [1.29, 1.82) is 0 Å². The number of aromatic nitrogens is 5. The molecule has 0 atom stereocenters. The largest absolute Gasteiger partial charge is 0.309 e. The van der Waals surface area contributed by atoms with E-state index in [0.29, 0.717) is 5.95 Å². The molecule has 14 aromatic rings. The van der Waals surface area contributed by atoms with Gasteiger partial charge >= 0.3 is 0 Å². The van der Waals surface area contributed by atoms with Gasteiger partial charge in [-0.3, -0.25) is 4.57 Å². The Morgan fingerprint density at radius 3 is 1.75 bits per heavy atom. The lowest BCUT2D eigenvalue weighted by Gasteiger charge is -2.13. The molecule has 0 aliphatic heterocycles. The molecule has 5 heteroatoms. The molecule has 5 aromatic heterocycles. The van der Waals surface area contributed by atoms with E-state index >= 15 is 0 Å². The lowest BCUT2D eigenvalue weighted by atomic mass is 10.00. The first-order valence-electron chi connectivity index (χ1n) is 20.2. The predicted molar refractivity (Wildman–Crippen MR) is 246 cm³/mol. The minimum Gasteiger partial charge on any atom is -0.309 e. The highest BCUT2D eigenvalue weighted by Crippen LogP contribution is 2.48. The van der Waals surface area contributed by atoms with Crippen LogP contribution in [0.1, 0.15) is 0 Å². The number of nitrogens with zero attached hydrogens (tertiary/aromatic N) is 5. The molecule has 0 bridgehead atoms. The number of hydrogen-bond donors (Lipinski definition) is 0. The van der Waals surface area contributed by atoms with Gasteiger partial charge in [-0.15, -0.1) is 0 Å². The fourth-order valence-electron chi connectivity index (χ4n) is 10.3. The van der Waals surface area contributed by atoms with Crippen LogP contribution in [0.3, 0.4) is 0 Å². The monoisotopic (exact) mass is 749 g/mol. The molecule has 0 aliphatic carbocycles. The Kier molecular flexibility index (Phi) is 5.96. The van der Waals surface area contributed by atoms with Gasteiger partial charge in [0.05, 0.1) is 49.8 Å². The second-order valence-corrected chi connectivity index (χ2v) is 15.7. The fraction of sp³-hybridized carbons (Fsp3) is 0. The summed E-state index contributed by atoms with van der Waals surface area (Å²) in [5.41, 5.74) is 12.2. The van der Waals surface area contributed by atoms with Crippen molar-refractivity contribution in [2.45, 2.75) is 0 Å². The van der Waals surface area contributed by atoms with Gasteiger partial charge in [-0.05, 0) is 71.4 Å². The van der Waals surface area contributed by atoms with Crippen LogP contribution < -0.4 is 0 Å². The Morgan fingerprint density at radius 1 is 0.339 bits per heavy atom. The second-order valence-electron chi connectivity index (χ2n) is 15.7. The molecule has 14 rings (SSSR count). The maximum absolute atomic E-state index is 5.64. The molecule has 5 nitrogen and oxygen atoms in total. The Balaban J connectivity index is 1.13. The van der Waals surface area contributed by atoms with Crippen LogP contribution in [0.5, 0.6) is 0 Å². The molecule has 272 valence electrons. The van der Waals surface area contributed by atoms with E-state index in [4.69, 9.17) is 9.97 Å². The van der Waals surface area contributed by atoms with E-state index in [0.717, 1.165) is 44.4 Å². The van der Waals surface area contributed by atoms with E-state index in [1.54, 1.807) is 0 Å². The van der Waals surface area contributed by atoms with E-state index in [-0.39, 0.29) is 0 Å². The van der Waals surface area contributed by atoms with Gasteiger partial charge in [0.25, 0.3) is 0 Å². The molecule has 0 fully saturated rings. The fourth-order valence-corrected chi connectivity index (χ4v) is 10.3. The van der Waals surface area contributed by atoms with Crippen LogP contribution >= 0.6 is 0 Å². The summed E-state index contributed by atoms with van der Waals surface area (Å²) in [5, 5.41) is 13.3. The van der Waals surface area contributed by atoms with Crippen molar-refractivity contribution in [3.63, 3.8) is 0 Å². The SMILES string of the molecule is c1ccc(-n2c3ccccc3c3cc(-c4nc(-n5c6ccccc6c6cc7c8ccccc8n8c9ccc%10ccccc%10c9c(c65)c78)nc5ccccc45)ccc32)cc1. The van der Waals surface area contributed by atoms with Crippen molar-refractivity contribution < 1.29 is 0 Å². The molecule has 0 radical (unpaired) electrons. The van der Waals surface area contributed by atoms with Gasteiger partial charge in [-0.2, -0.15) is 0 Å². The molecule has 5 heterocycles. The van der Waals surface area contributed by atoms with Crippen LogP contribution in [-0.4, -0.2) is 23.5 Å². The average Bonchev–Trinajstić information content (AvgIpc) is 4.03. The summed E-state index contributed by atoms with van der Waals surface area (Å²) in [6.07, 6.45) is 0. The summed E-state index contributed by atoms with van der Waals surface area (Å²) in [5.74, 6) is 0.656. The molecular formula is C54H31N5. The summed E-state index contributed by atoms with van der Waals surface area (Å²) >= 11 is 0. The van der Waals surface area contributed by atoms with Gasteiger partial charge in [-0.1, -0.05) is 127 Å². The highest BCUT2D eigenvalue weighted by atomic mass is 15.2. The molecule has 9 aromatic carbocycles. The lowest BCUT2D eigenvalue weighted by molar-refractivity contribution is 1.02. The van der Waals surface area contributed by atoms with Crippen LogP contribution in [0, 0.1) is 0 Å². The molecule has 0 spiro atoms. The maximum Gasteiger partial charge on any atom is 0.235 e. The first-order valence-corrected chi connectivity index (χ1v) is 20.2. The molecule has 0 saturated carbocycles. The first kappa shape index (κ1) is 31.1. The van der Waals surface area contributed by atoms with Crippen LogP contribution in [0.25, 0.3) is 126 Å². The number of fused-ring (bicyclic) bond motifs is 16. The molecule has 0 unspecified atom stereocenters. The van der Waals surface area contributed by atoms with Gasteiger partial charge in [0.15, 0.2) is 0 Å². The van der Waals surface area contributed by atoms with Crippen LogP contribution in [-0.2, 0) is 0 Å². The molecule has 0 amide bonds. The predicted octanol–water partition coefficient (Wildman–Crippen LogP) is 13.8. The van der Waals surface area contributed by atoms with Crippen LogP contribution in [0.2, 0.25) is 0 Å².